The Morgan fingerprint density at radius 3 is 2.09 bits per heavy atom. The van der Waals surface area contributed by atoms with Crippen LogP contribution in [0.15, 0.2) is 60.7 Å². The van der Waals surface area contributed by atoms with Gasteiger partial charge in [-0.2, -0.15) is 0 Å². The first-order valence-electron chi connectivity index (χ1n) is 10.7. The van der Waals surface area contributed by atoms with Crippen LogP contribution in [0.4, 0.5) is 5.69 Å². The van der Waals surface area contributed by atoms with Crippen LogP contribution in [0.1, 0.15) is 38.1 Å². The molecule has 2 amide bonds. The average molecular weight is 435 g/mol. The molecule has 32 heavy (non-hydrogen) atoms. The molecule has 3 aromatic carbocycles. The van der Waals surface area contributed by atoms with Crippen molar-refractivity contribution in [3.63, 3.8) is 0 Å². The molecule has 0 aliphatic carbocycles. The van der Waals surface area contributed by atoms with E-state index in [2.05, 4.69) is 5.32 Å². The number of nitrogens with one attached hydrogen (secondary N) is 1. The first-order chi connectivity index (χ1) is 15.3. The average Bonchev–Trinajstić information content (AvgIpc) is 2.76. The van der Waals surface area contributed by atoms with Gasteiger partial charge < -0.3 is 19.7 Å². The third-order valence-corrected chi connectivity index (χ3v) is 5.20. The van der Waals surface area contributed by atoms with E-state index in [0.717, 1.165) is 10.8 Å². The van der Waals surface area contributed by atoms with E-state index in [1.165, 1.54) is 0 Å². The van der Waals surface area contributed by atoms with Crippen LogP contribution in [0.25, 0.3) is 10.8 Å². The summed E-state index contributed by atoms with van der Waals surface area (Å²) in [7, 11) is 1.55. The van der Waals surface area contributed by atoms with Gasteiger partial charge in [-0.25, -0.2) is 0 Å². The molecule has 6 heteroatoms. The number of amides is 2. The molecule has 1 N–H and O–H groups in total. The monoisotopic (exact) mass is 434 g/mol. The van der Waals surface area contributed by atoms with Crippen molar-refractivity contribution in [1.29, 1.82) is 0 Å². The third kappa shape index (κ3) is 5.19. The minimum absolute atomic E-state index is 0.0519. The number of fused-ring (bicyclic) bond motifs is 1. The van der Waals surface area contributed by atoms with Crippen molar-refractivity contribution in [1.82, 2.24) is 4.90 Å². The van der Waals surface area contributed by atoms with Crippen LogP contribution < -0.4 is 14.8 Å². The number of rotatable bonds is 8. The third-order valence-electron chi connectivity index (χ3n) is 5.20. The second-order valence-electron chi connectivity index (χ2n) is 8.13. The number of carbonyl (C=O) groups is 2. The second-order valence-corrected chi connectivity index (χ2v) is 8.13. The molecular formula is C26H30N2O4. The molecule has 168 valence electrons. The SMILES string of the molecule is COc1ccccc1NC(=O)c1cc2ccccc2cc1OCC(=O)N(C(C)C)C(C)C. The Balaban J connectivity index is 1.92. The fourth-order valence-corrected chi connectivity index (χ4v) is 3.84. The highest BCUT2D eigenvalue weighted by atomic mass is 16.5. The van der Waals surface area contributed by atoms with Gasteiger partial charge >= 0.3 is 0 Å². The molecule has 6 nitrogen and oxygen atoms in total. The summed E-state index contributed by atoms with van der Waals surface area (Å²) in [5.74, 6) is 0.451. The molecule has 3 aromatic rings. The van der Waals surface area contributed by atoms with Gasteiger partial charge in [0, 0.05) is 12.1 Å². The fourth-order valence-electron chi connectivity index (χ4n) is 3.84. The Morgan fingerprint density at radius 1 is 0.875 bits per heavy atom. The maximum Gasteiger partial charge on any atom is 0.260 e. The van der Waals surface area contributed by atoms with Crippen molar-refractivity contribution in [3.8, 4) is 11.5 Å². The van der Waals surface area contributed by atoms with Gasteiger partial charge in [-0.05, 0) is 62.7 Å². The van der Waals surface area contributed by atoms with Crippen molar-refractivity contribution < 1.29 is 19.1 Å². The number of methoxy groups -OCH3 is 1. The summed E-state index contributed by atoms with van der Waals surface area (Å²) >= 11 is 0. The summed E-state index contributed by atoms with van der Waals surface area (Å²) in [4.78, 5) is 27.8. The maximum absolute atomic E-state index is 13.2. The fraction of sp³-hybridized carbons (Fsp3) is 0.308. The zero-order chi connectivity index (χ0) is 23.3. The predicted molar refractivity (Wildman–Crippen MR) is 128 cm³/mol. The Kier molecular flexibility index (Phi) is 7.36. The van der Waals surface area contributed by atoms with E-state index in [1.54, 1.807) is 36.3 Å². The van der Waals surface area contributed by atoms with Crippen LogP contribution in [0.5, 0.6) is 11.5 Å². The van der Waals surface area contributed by atoms with Crippen molar-refractivity contribution in [2.75, 3.05) is 19.0 Å². The zero-order valence-electron chi connectivity index (χ0n) is 19.2. The number of hydrogen-bond acceptors (Lipinski definition) is 4. The first kappa shape index (κ1) is 23.1. The topological polar surface area (TPSA) is 67.9 Å². The number of hydrogen-bond donors (Lipinski definition) is 1. The largest absolute Gasteiger partial charge is 0.495 e. The first-order valence-corrected chi connectivity index (χ1v) is 10.7. The molecule has 0 bridgehead atoms. The lowest BCUT2D eigenvalue weighted by Gasteiger charge is -2.30. The van der Waals surface area contributed by atoms with Gasteiger partial charge in [0.2, 0.25) is 0 Å². The molecule has 0 fully saturated rings. The van der Waals surface area contributed by atoms with E-state index in [4.69, 9.17) is 9.47 Å². The van der Waals surface area contributed by atoms with E-state index >= 15 is 0 Å². The highest BCUT2D eigenvalue weighted by Crippen LogP contribution is 2.29. The van der Waals surface area contributed by atoms with E-state index in [-0.39, 0.29) is 30.5 Å². The summed E-state index contributed by atoms with van der Waals surface area (Å²) < 4.78 is 11.3. The van der Waals surface area contributed by atoms with E-state index in [1.807, 2.05) is 64.1 Å². The Hall–Kier alpha value is -3.54. The molecule has 0 atom stereocenters. The Morgan fingerprint density at radius 2 is 1.47 bits per heavy atom. The molecule has 0 radical (unpaired) electrons. The Labute approximate surface area is 189 Å². The summed E-state index contributed by atoms with van der Waals surface area (Å²) in [6.45, 7) is 7.74. The van der Waals surface area contributed by atoms with Crippen molar-refractivity contribution in [2.45, 2.75) is 39.8 Å². The number of carbonyl (C=O) groups excluding carboxylic acids is 2. The lowest BCUT2D eigenvalue weighted by Crippen LogP contribution is -2.44. The minimum Gasteiger partial charge on any atom is -0.495 e. The van der Waals surface area contributed by atoms with Gasteiger partial charge in [-0.3, -0.25) is 9.59 Å². The molecule has 0 saturated carbocycles. The van der Waals surface area contributed by atoms with E-state index in [9.17, 15) is 9.59 Å². The number of nitrogens with zero attached hydrogens (tertiary/aromatic N) is 1. The number of benzene rings is 3. The molecule has 0 unspecified atom stereocenters. The lowest BCUT2D eigenvalue weighted by molar-refractivity contribution is -0.137. The summed E-state index contributed by atoms with van der Waals surface area (Å²) in [5.41, 5.74) is 0.907. The maximum atomic E-state index is 13.2. The second kappa shape index (κ2) is 10.2. The number of para-hydroxylation sites is 2. The van der Waals surface area contributed by atoms with Gasteiger partial charge in [0.1, 0.15) is 11.5 Å². The van der Waals surface area contributed by atoms with Crippen molar-refractivity contribution in [3.05, 3.63) is 66.2 Å². The molecular weight excluding hydrogens is 404 g/mol. The molecule has 0 aliphatic rings. The predicted octanol–water partition coefficient (Wildman–Crippen LogP) is 5.12. The van der Waals surface area contributed by atoms with E-state index < -0.39 is 0 Å². The number of ether oxygens (including phenoxy) is 2. The summed E-state index contributed by atoms with van der Waals surface area (Å²) in [6, 6.07) is 18.6. The van der Waals surface area contributed by atoms with Crippen LogP contribution in [0.2, 0.25) is 0 Å². The van der Waals surface area contributed by atoms with E-state index in [0.29, 0.717) is 22.7 Å². The summed E-state index contributed by atoms with van der Waals surface area (Å²) in [5, 5.41) is 4.72. The zero-order valence-corrected chi connectivity index (χ0v) is 19.2. The molecule has 0 saturated heterocycles. The highest BCUT2D eigenvalue weighted by molar-refractivity contribution is 6.09. The molecule has 0 heterocycles. The standard InChI is InChI=1S/C26H30N2O4/c1-17(2)28(18(3)4)25(29)16-32-24-15-20-11-7-6-10-19(20)14-21(24)26(30)27-22-12-8-9-13-23(22)31-5/h6-15,17-18H,16H2,1-5H3,(H,27,30). The quantitative estimate of drug-likeness (QED) is 0.534. The summed E-state index contributed by atoms with van der Waals surface area (Å²) in [6.07, 6.45) is 0. The van der Waals surface area contributed by atoms with Crippen LogP contribution in [0, 0.1) is 0 Å². The molecule has 0 aromatic heterocycles. The molecule has 3 rings (SSSR count). The van der Waals surface area contributed by atoms with Gasteiger partial charge in [0.05, 0.1) is 18.4 Å². The van der Waals surface area contributed by atoms with Crippen LogP contribution in [0.3, 0.4) is 0 Å². The van der Waals surface area contributed by atoms with Crippen LogP contribution in [-0.2, 0) is 4.79 Å². The minimum atomic E-state index is -0.340. The van der Waals surface area contributed by atoms with Gasteiger partial charge in [0.25, 0.3) is 11.8 Å². The lowest BCUT2D eigenvalue weighted by atomic mass is 10.0. The molecule has 0 aliphatic heterocycles. The van der Waals surface area contributed by atoms with Crippen molar-refractivity contribution >= 4 is 28.3 Å². The number of anilines is 1. The molecule has 0 spiro atoms. The highest BCUT2D eigenvalue weighted by Gasteiger charge is 2.22. The van der Waals surface area contributed by atoms with Crippen molar-refractivity contribution in [2.24, 2.45) is 0 Å². The van der Waals surface area contributed by atoms with Crippen LogP contribution >= 0.6 is 0 Å². The van der Waals surface area contributed by atoms with Gasteiger partial charge in [-0.15, -0.1) is 0 Å². The van der Waals surface area contributed by atoms with Gasteiger partial charge in [0.15, 0.2) is 6.61 Å². The Bertz CT molecular complexity index is 1100. The van der Waals surface area contributed by atoms with Crippen LogP contribution in [-0.4, -0.2) is 42.5 Å². The smallest absolute Gasteiger partial charge is 0.260 e. The normalized spacial score (nSPS) is 11.0. The van der Waals surface area contributed by atoms with Gasteiger partial charge in [-0.1, -0.05) is 36.4 Å².